The molecule has 1 aliphatic rings. The average Bonchev–Trinajstić information content (AvgIpc) is 2.34. The third kappa shape index (κ3) is 3.92. The van der Waals surface area contributed by atoms with Crippen LogP contribution in [0.4, 0.5) is 9.18 Å². The van der Waals surface area contributed by atoms with Gasteiger partial charge in [-0.15, -0.1) is 0 Å². The van der Waals surface area contributed by atoms with E-state index >= 15 is 0 Å². The van der Waals surface area contributed by atoms with Crippen LogP contribution < -0.4 is 5.73 Å². The summed E-state index contributed by atoms with van der Waals surface area (Å²) in [5.41, 5.74) is 6.13. The summed E-state index contributed by atoms with van der Waals surface area (Å²) in [6.07, 6.45) is -1.33. The van der Waals surface area contributed by atoms with Gasteiger partial charge in [-0.05, 0) is 18.9 Å². The standard InChI is InChI=1S/C14H19FN2O2/c1-14(16)7-12(15)8-17(10-14)13(18)19-9-11-5-3-2-4-6-11/h2-6,12H,7-10,16H2,1H3/t12-,14-/m0/s1. The molecular formula is C14H19FN2O2. The third-order valence-electron chi connectivity index (χ3n) is 3.12. The second-order valence-corrected chi connectivity index (χ2v) is 5.38. The summed E-state index contributed by atoms with van der Waals surface area (Å²) in [6.45, 7) is 2.31. The monoisotopic (exact) mass is 266 g/mol. The van der Waals surface area contributed by atoms with Crippen LogP contribution in [0.1, 0.15) is 18.9 Å². The first-order chi connectivity index (χ1) is 8.96. The fraction of sp³-hybridized carbons (Fsp3) is 0.500. The third-order valence-corrected chi connectivity index (χ3v) is 3.12. The number of piperidine rings is 1. The minimum absolute atomic E-state index is 0.0560. The van der Waals surface area contributed by atoms with Crippen molar-refractivity contribution in [1.82, 2.24) is 4.90 Å². The van der Waals surface area contributed by atoms with Crippen LogP contribution in [-0.2, 0) is 11.3 Å². The van der Waals surface area contributed by atoms with Crippen molar-refractivity contribution >= 4 is 6.09 Å². The van der Waals surface area contributed by atoms with E-state index < -0.39 is 17.8 Å². The van der Waals surface area contributed by atoms with Gasteiger partial charge in [0.2, 0.25) is 0 Å². The highest BCUT2D eigenvalue weighted by molar-refractivity contribution is 5.68. The van der Waals surface area contributed by atoms with Crippen LogP contribution in [0.15, 0.2) is 30.3 Å². The molecule has 0 aromatic heterocycles. The van der Waals surface area contributed by atoms with Crippen molar-refractivity contribution in [2.24, 2.45) is 5.73 Å². The Morgan fingerprint density at radius 3 is 2.84 bits per heavy atom. The molecule has 4 nitrogen and oxygen atoms in total. The highest BCUT2D eigenvalue weighted by atomic mass is 19.1. The predicted molar refractivity (Wildman–Crippen MR) is 70.3 cm³/mol. The second-order valence-electron chi connectivity index (χ2n) is 5.38. The predicted octanol–water partition coefficient (Wildman–Crippen LogP) is 2.08. The Labute approximate surface area is 112 Å². The number of hydrogen-bond donors (Lipinski definition) is 1. The highest BCUT2D eigenvalue weighted by Crippen LogP contribution is 2.21. The molecule has 2 rings (SSSR count). The molecule has 1 aromatic rings. The van der Waals surface area contributed by atoms with Gasteiger partial charge in [0.1, 0.15) is 12.8 Å². The van der Waals surface area contributed by atoms with Crippen molar-refractivity contribution in [3.8, 4) is 0 Å². The summed E-state index contributed by atoms with van der Waals surface area (Å²) in [5.74, 6) is 0. The van der Waals surface area contributed by atoms with Crippen LogP contribution in [0.25, 0.3) is 0 Å². The summed E-state index contributed by atoms with van der Waals surface area (Å²) in [4.78, 5) is 13.2. The van der Waals surface area contributed by atoms with E-state index in [1.807, 2.05) is 30.3 Å². The SMILES string of the molecule is C[C@]1(N)C[C@H](F)CN(C(=O)OCc2ccccc2)C1. The number of carbonyl (C=O) groups excluding carboxylic acids is 1. The maximum absolute atomic E-state index is 13.5. The summed E-state index contributed by atoms with van der Waals surface area (Å²) in [6, 6.07) is 9.38. The van der Waals surface area contributed by atoms with E-state index in [2.05, 4.69) is 0 Å². The molecule has 0 aliphatic carbocycles. The van der Waals surface area contributed by atoms with E-state index in [1.54, 1.807) is 6.92 Å². The molecule has 1 fully saturated rings. The van der Waals surface area contributed by atoms with Crippen LogP contribution >= 0.6 is 0 Å². The Kier molecular flexibility index (Phi) is 4.04. The van der Waals surface area contributed by atoms with Crippen molar-refractivity contribution in [3.63, 3.8) is 0 Å². The fourth-order valence-corrected chi connectivity index (χ4v) is 2.32. The van der Waals surface area contributed by atoms with E-state index in [-0.39, 0.29) is 19.6 Å². The molecule has 19 heavy (non-hydrogen) atoms. The number of nitrogens with zero attached hydrogens (tertiary/aromatic N) is 1. The van der Waals surface area contributed by atoms with Crippen molar-refractivity contribution in [2.45, 2.75) is 31.7 Å². The molecule has 104 valence electrons. The van der Waals surface area contributed by atoms with Gasteiger partial charge in [0.15, 0.2) is 0 Å². The van der Waals surface area contributed by atoms with Crippen LogP contribution in [0.3, 0.4) is 0 Å². The molecule has 5 heteroatoms. The number of alkyl halides is 1. The molecule has 0 saturated carbocycles. The van der Waals surface area contributed by atoms with E-state index in [0.29, 0.717) is 6.54 Å². The molecular weight excluding hydrogens is 247 g/mol. The molecule has 0 spiro atoms. The first-order valence-corrected chi connectivity index (χ1v) is 6.35. The summed E-state index contributed by atoms with van der Waals surface area (Å²) in [5, 5.41) is 0. The fourth-order valence-electron chi connectivity index (χ4n) is 2.32. The van der Waals surface area contributed by atoms with Gasteiger partial charge in [-0.2, -0.15) is 0 Å². The van der Waals surface area contributed by atoms with Gasteiger partial charge in [-0.3, -0.25) is 0 Å². The molecule has 2 N–H and O–H groups in total. The Morgan fingerprint density at radius 2 is 2.21 bits per heavy atom. The minimum atomic E-state index is -1.09. The average molecular weight is 266 g/mol. The molecule has 1 amide bonds. The Bertz CT molecular complexity index is 436. The number of halogens is 1. The molecule has 2 atom stereocenters. The topological polar surface area (TPSA) is 55.6 Å². The quantitative estimate of drug-likeness (QED) is 0.891. The normalized spacial score (nSPS) is 27.1. The number of hydrogen-bond acceptors (Lipinski definition) is 3. The smallest absolute Gasteiger partial charge is 0.410 e. The molecule has 1 heterocycles. The lowest BCUT2D eigenvalue weighted by Crippen LogP contribution is -2.57. The Balaban J connectivity index is 1.89. The lowest BCUT2D eigenvalue weighted by Gasteiger charge is -2.38. The van der Waals surface area contributed by atoms with Crippen LogP contribution in [0, 0.1) is 0 Å². The number of benzene rings is 1. The maximum Gasteiger partial charge on any atom is 0.410 e. The minimum Gasteiger partial charge on any atom is -0.445 e. The molecule has 0 radical (unpaired) electrons. The zero-order valence-electron chi connectivity index (χ0n) is 11.0. The van der Waals surface area contributed by atoms with E-state index in [0.717, 1.165) is 5.56 Å². The Hall–Kier alpha value is -1.62. The van der Waals surface area contributed by atoms with Gasteiger partial charge in [0.05, 0.1) is 6.54 Å². The number of likely N-dealkylation sites (tertiary alicyclic amines) is 1. The van der Waals surface area contributed by atoms with E-state index in [4.69, 9.17) is 10.5 Å². The van der Waals surface area contributed by atoms with Gasteiger partial charge < -0.3 is 15.4 Å². The maximum atomic E-state index is 13.5. The van der Waals surface area contributed by atoms with Crippen molar-refractivity contribution < 1.29 is 13.9 Å². The molecule has 0 bridgehead atoms. The molecule has 0 unspecified atom stereocenters. The van der Waals surface area contributed by atoms with Gasteiger partial charge in [0.25, 0.3) is 0 Å². The largest absolute Gasteiger partial charge is 0.445 e. The van der Waals surface area contributed by atoms with Gasteiger partial charge in [0, 0.05) is 12.1 Å². The van der Waals surface area contributed by atoms with Crippen LogP contribution in [0.5, 0.6) is 0 Å². The summed E-state index contributed by atoms with van der Waals surface area (Å²) >= 11 is 0. The number of rotatable bonds is 2. The van der Waals surface area contributed by atoms with E-state index in [1.165, 1.54) is 4.90 Å². The summed E-state index contributed by atoms with van der Waals surface area (Å²) in [7, 11) is 0. The lowest BCUT2D eigenvalue weighted by atomic mass is 9.91. The highest BCUT2D eigenvalue weighted by Gasteiger charge is 2.36. The first kappa shape index (κ1) is 13.8. The van der Waals surface area contributed by atoms with Crippen molar-refractivity contribution in [1.29, 1.82) is 0 Å². The zero-order chi connectivity index (χ0) is 13.9. The van der Waals surface area contributed by atoms with Crippen molar-refractivity contribution in [2.75, 3.05) is 13.1 Å². The summed E-state index contributed by atoms with van der Waals surface area (Å²) < 4.78 is 18.7. The van der Waals surface area contributed by atoms with Gasteiger partial charge in [-0.25, -0.2) is 9.18 Å². The van der Waals surface area contributed by atoms with Gasteiger partial charge >= 0.3 is 6.09 Å². The number of carbonyl (C=O) groups is 1. The Morgan fingerprint density at radius 1 is 1.53 bits per heavy atom. The van der Waals surface area contributed by atoms with Gasteiger partial charge in [-0.1, -0.05) is 30.3 Å². The zero-order valence-corrected chi connectivity index (χ0v) is 11.0. The molecule has 1 aliphatic heterocycles. The second kappa shape index (κ2) is 5.57. The number of amides is 1. The van der Waals surface area contributed by atoms with E-state index in [9.17, 15) is 9.18 Å². The number of ether oxygens (including phenoxy) is 1. The lowest BCUT2D eigenvalue weighted by molar-refractivity contribution is 0.0505. The molecule has 1 aromatic carbocycles. The van der Waals surface area contributed by atoms with Crippen LogP contribution in [0.2, 0.25) is 0 Å². The number of nitrogens with two attached hydrogens (primary N) is 1. The van der Waals surface area contributed by atoms with Crippen molar-refractivity contribution in [3.05, 3.63) is 35.9 Å². The first-order valence-electron chi connectivity index (χ1n) is 6.35. The molecule has 1 saturated heterocycles. The van der Waals surface area contributed by atoms with Crippen LogP contribution in [-0.4, -0.2) is 35.8 Å².